The van der Waals surface area contributed by atoms with E-state index in [-0.39, 0.29) is 6.10 Å². The highest BCUT2D eigenvalue weighted by Gasteiger charge is 2.18. The fourth-order valence-electron chi connectivity index (χ4n) is 2.18. The molecule has 1 atom stereocenters. The highest BCUT2D eigenvalue weighted by Crippen LogP contribution is 2.26. The van der Waals surface area contributed by atoms with Crippen molar-refractivity contribution in [1.29, 1.82) is 0 Å². The summed E-state index contributed by atoms with van der Waals surface area (Å²) in [4.78, 5) is 0. The largest absolute Gasteiger partial charge is 0.393 e. The minimum Gasteiger partial charge on any atom is -0.393 e. The van der Waals surface area contributed by atoms with E-state index < -0.39 is 0 Å². The van der Waals surface area contributed by atoms with Crippen LogP contribution in [0.15, 0.2) is 6.20 Å². The smallest absolute Gasteiger partial charge is 0.0852 e. The molecule has 1 aliphatic heterocycles. The Hall–Kier alpha value is -0.550. The zero-order chi connectivity index (χ0) is 11.4. The number of aliphatic hydroxyl groups is 1. The van der Waals surface area contributed by atoms with Gasteiger partial charge in [-0.2, -0.15) is 11.8 Å². The molecule has 1 aromatic heterocycles. The molecular weight excluding hydrogens is 222 g/mol. The molecule has 5 heteroatoms. The molecule has 0 aliphatic carbocycles. The SMILES string of the molecule is Cn1cc(CC(O)CC2CCSCC2)nn1. The number of thioether (sulfide) groups is 1. The van der Waals surface area contributed by atoms with Crippen LogP contribution < -0.4 is 0 Å². The van der Waals surface area contributed by atoms with Crippen LogP contribution in [0.25, 0.3) is 0 Å². The molecule has 1 N–H and O–H groups in total. The van der Waals surface area contributed by atoms with Gasteiger partial charge in [0.25, 0.3) is 0 Å². The fraction of sp³-hybridized carbons (Fsp3) is 0.818. The lowest BCUT2D eigenvalue weighted by atomic mass is 9.94. The van der Waals surface area contributed by atoms with E-state index in [2.05, 4.69) is 10.3 Å². The number of aryl methyl sites for hydroxylation is 1. The normalized spacial score (nSPS) is 19.9. The second-order valence-corrected chi connectivity index (χ2v) is 5.76. The van der Waals surface area contributed by atoms with Crippen molar-refractivity contribution in [3.8, 4) is 0 Å². The lowest BCUT2D eigenvalue weighted by Gasteiger charge is -2.23. The fourth-order valence-corrected chi connectivity index (χ4v) is 3.38. The van der Waals surface area contributed by atoms with E-state index in [0.29, 0.717) is 12.3 Å². The Labute approximate surface area is 100 Å². The molecule has 90 valence electrons. The predicted molar refractivity (Wildman–Crippen MR) is 65.4 cm³/mol. The van der Waals surface area contributed by atoms with Crippen molar-refractivity contribution >= 4 is 11.8 Å². The second kappa shape index (κ2) is 5.68. The minimum absolute atomic E-state index is 0.259. The Morgan fingerprint density at radius 1 is 1.56 bits per heavy atom. The Morgan fingerprint density at radius 2 is 2.31 bits per heavy atom. The summed E-state index contributed by atoms with van der Waals surface area (Å²) in [6.45, 7) is 0. The van der Waals surface area contributed by atoms with Crippen molar-refractivity contribution in [2.45, 2.75) is 31.8 Å². The first-order valence-corrected chi connectivity index (χ1v) is 7.00. The molecule has 4 nitrogen and oxygen atoms in total. The summed E-state index contributed by atoms with van der Waals surface area (Å²) in [7, 11) is 1.85. The third-order valence-electron chi connectivity index (χ3n) is 3.04. The van der Waals surface area contributed by atoms with Crippen molar-refractivity contribution in [2.24, 2.45) is 13.0 Å². The van der Waals surface area contributed by atoms with Gasteiger partial charge < -0.3 is 5.11 Å². The molecule has 0 bridgehead atoms. The highest BCUT2D eigenvalue weighted by molar-refractivity contribution is 7.99. The zero-order valence-corrected chi connectivity index (χ0v) is 10.5. The van der Waals surface area contributed by atoms with Gasteiger partial charge in [0.2, 0.25) is 0 Å². The van der Waals surface area contributed by atoms with Gasteiger partial charge in [-0.25, -0.2) is 0 Å². The molecule has 0 aromatic carbocycles. The number of aliphatic hydroxyl groups excluding tert-OH is 1. The van der Waals surface area contributed by atoms with E-state index in [1.165, 1.54) is 24.3 Å². The maximum Gasteiger partial charge on any atom is 0.0852 e. The molecule has 1 fully saturated rings. The van der Waals surface area contributed by atoms with Gasteiger partial charge in [0.05, 0.1) is 11.8 Å². The topological polar surface area (TPSA) is 50.9 Å². The first-order chi connectivity index (χ1) is 7.74. The summed E-state index contributed by atoms with van der Waals surface area (Å²) in [6, 6.07) is 0. The van der Waals surface area contributed by atoms with Crippen molar-refractivity contribution in [1.82, 2.24) is 15.0 Å². The molecule has 1 saturated heterocycles. The van der Waals surface area contributed by atoms with Gasteiger partial charge in [-0.3, -0.25) is 4.68 Å². The van der Waals surface area contributed by atoms with Crippen LogP contribution in [0.1, 0.15) is 25.0 Å². The van der Waals surface area contributed by atoms with Crippen LogP contribution in [-0.4, -0.2) is 37.7 Å². The van der Waals surface area contributed by atoms with Gasteiger partial charge in [-0.15, -0.1) is 5.10 Å². The first-order valence-electron chi connectivity index (χ1n) is 5.85. The zero-order valence-electron chi connectivity index (χ0n) is 9.67. The van der Waals surface area contributed by atoms with Crippen LogP contribution in [0.3, 0.4) is 0 Å². The Bertz CT molecular complexity index is 323. The molecule has 2 rings (SSSR count). The molecule has 2 heterocycles. The van der Waals surface area contributed by atoms with Gasteiger partial charge in [-0.05, 0) is 36.7 Å². The van der Waals surface area contributed by atoms with Crippen LogP contribution in [0, 0.1) is 5.92 Å². The van der Waals surface area contributed by atoms with Gasteiger partial charge in [-0.1, -0.05) is 5.21 Å². The summed E-state index contributed by atoms with van der Waals surface area (Å²) < 4.78 is 1.68. The predicted octanol–water partition coefficient (Wildman–Crippen LogP) is 1.25. The van der Waals surface area contributed by atoms with E-state index in [9.17, 15) is 5.11 Å². The van der Waals surface area contributed by atoms with Crippen molar-refractivity contribution < 1.29 is 5.11 Å². The molecule has 1 aromatic rings. The molecule has 0 radical (unpaired) electrons. The molecule has 16 heavy (non-hydrogen) atoms. The highest BCUT2D eigenvalue weighted by atomic mass is 32.2. The lowest BCUT2D eigenvalue weighted by Crippen LogP contribution is -2.19. The average Bonchev–Trinajstić information content (AvgIpc) is 2.65. The average molecular weight is 241 g/mol. The van der Waals surface area contributed by atoms with E-state index in [1.807, 2.05) is 25.0 Å². The minimum atomic E-state index is -0.259. The third kappa shape index (κ3) is 3.49. The third-order valence-corrected chi connectivity index (χ3v) is 4.09. The maximum atomic E-state index is 9.98. The standard InChI is InChI=1S/C11H19N3OS/c1-14-8-10(12-13-14)7-11(15)6-9-2-4-16-5-3-9/h8-9,11,15H,2-7H2,1H3. The van der Waals surface area contributed by atoms with Crippen LogP contribution in [0.4, 0.5) is 0 Å². The Balaban J connectivity index is 1.77. The monoisotopic (exact) mass is 241 g/mol. The quantitative estimate of drug-likeness (QED) is 0.862. The molecule has 0 spiro atoms. The number of aromatic nitrogens is 3. The molecule has 0 amide bonds. The van der Waals surface area contributed by atoms with E-state index in [4.69, 9.17) is 0 Å². The number of hydrogen-bond donors (Lipinski definition) is 1. The van der Waals surface area contributed by atoms with Crippen LogP contribution in [0.2, 0.25) is 0 Å². The molecular formula is C11H19N3OS. The molecule has 1 aliphatic rings. The Kier molecular flexibility index (Phi) is 4.23. The summed E-state index contributed by atoms with van der Waals surface area (Å²) in [5.41, 5.74) is 0.889. The van der Waals surface area contributed by atoms with Crippen LogP contribution >= 0.6 is 11.8 Å². The van der Waals surface area contributed by atoms with E-state index >= 15 is 0 Å². The van der Waals surface area contributed by atoms with Crippen molar-refractivity contribution in [3.05, 3.63) is 11.9 Å². The Morgan fingerprint density at radius 3 is 2.94 bits per heavy atom. The summed E-state index contributed by atoms with van der Waals surface area (Å²) in [6.07, 6.45) is 5.67. The van der Waals surface area contributed by atoms with Gasteiger partial charge in [0.15, 0.2) is 0 Å². The van der Waals surface area contributed by atoms with Gasteiger partial charge in [0.1, 0.15) is 0 Å². The summed E-state index contributed by atoms with van der Waals surface area (Å²) >= 11 is 2.03. The number of hydrogen-bond acceptors (Lipinski definition) is 4. The van der Waals surface area contributed by atoms with Crippen molar-refractivity contribution in [3.63, 3.8) is 0 Å². The summed E-state index contributed by atoms with van der Waals surface area (Å²) in [5.74, 6) is 3.21. The van der Waals surface area contributed by atoms with Gasteiger partial charge >= 0.3 is 0 Å². The lowest BCUT2D eigenvalue weighted by molar-refractivity contribution is 0.138. The van der Waals surface area contributed by atoms with Crippen LogP contribution in [-0.2, 0) is 13.5 Å². The van der Waals surface area contributed by atoms with E-state index in [0.717, 1.165) is 12.1 Å². The van der Waals surface area contributed by atoms with Gasteiger partial charge in [0, 0.05) is 19.7 Å². The number of nitrogens with zero attached hydrogens (tertiary/aromatic N) is 3. The summed E-state index contributed by atoms with van der Waals surface area (Å²) in [5, 5.41) is 17.8. The van der Waals surface area contributed by atoms with Crippen molar-refractivity contribution in [2.75, 3.05) is 11.5 Å². The molecule has 0 saturated carbocycles. The first kappa shape index (κ1) is 11.9. The maximum absolute atomic E-state index is 9.98. The second-order valence-electron chi connectivity index (χ2n) is 4.53. The van der Waals surface area contributed by atoms with Crippen LogP contribution in [0.5, 0.6) is 0 Å². The molecule has 1 unspecified atom stereocenters. The van der Waals surface area contributed by atoms with E-state index in [1.54, 1.807) is 4.68 Å². The number of rotatable bonds is 4.